The maximum absolute atomic E-state index is 11.5. The van der Waals surface area contributed by atoms with E-state index in [9.17, 15) is 9.59 Å². The molecule has 1 unspecified atom stereocenters. The van der Waals surface area contributed by atoms with Gasteiger partial charge in [0.2, 0.25) is 0 Å². The molecule has 6 nitrogen and oxygen atoms in total. The van der Waals surface area contributed by atoms with Crippen LogP contribution in [0.4, 0.5) is 0 Å². The van der Waals surface area contributed by atoms with E-state index in [1.807, 2.05) is 0 Å². The van der Waals surface area contributed by atoms with Gasteiger partial charge in [-0.1, -0.05) is 0 Å². The Labute approximate surface area is 99.7 Å². The van der Waals surface area contributed by atoms with E-state index in [4.69, 9.17) is 9.52 Å². The molecule has 0 spiro atoms. The van der Waals surface area contributed by atoms with Crippen LogP contribution >= 0.6 is 15.9 Å². The highest BCUT2D eigenvalue weighted by molar-refractivity contribution is 9.10. The summed E-state index contributed by atoms with van der Waals surface area (Å²) in [6.45, 7) is -0.104. The van der Waals surface area contributed by atoms with E-state index in [0.717, 1.165) is 0 Å². The maximum atomic E-state index is 11.5. The molecule has 0 aliphatic heterocycles. The highest BCUT2D eigenvalue weighted by Gasteiger charge is 2.18. The van der Waals surface area contributed by atoms with Crippen LogP contribution in [0.2, 0.25) is 0 Å². The van der Waals surface area contributed by atoms with Gasteiger partial charge in [-0.15, -0.1) is 0 Å². The van der Waals surface area contributed by atoms with Gasteiger partial charge < -0.3 is 19.6 Å². The molecule has 1 rings (SSSR count). The first-order valence-corrected chi connectivity index (χ1v) is 5.11. The molecule has 1 atom stereocenters. The molecule has 1 amide bonds. The molecule has 0 saturated carbocycles. The van der Waals surface area contributed by atoms with E-state index in [1.54, 1.807) is 0 Å². The fourth-order valence-electron chi connectivity index (χ4n) is 0.988. The fraction of sp³-hybridized carbons (Fsp3) is 0.333. The Morgan fingerprint density at radius 3 is 2.81 bits per heavy atom. The van der Waals surface area contributed by atoms with Crippen molar-refractivity contribution < 1.29 is 23.8 Å². The number of amides is 1. The lowest BCUT2D eigenvalue weighted by molar-refractivity contribution is -0.147. The largest absolute Gasteiger partial charge is 0.479 e. The zero-order valence-electron chi connectivity index (χ0n) is 8.40. The first-order chi connectivity index (χ1) is 7.54. The minimum Gasteiger partial charge on any atom is -0.479 e. The van der Waals surface area contributed by atoms with E-state index in [-0.39, 0.29) is 6.54 Å². The van der Waals surface area contributed by atoms with Crippen LogP contribution in [0.15, 0.2) is 21.4 Å². The minimum atomic E-state index is -1.13. The van der Waals surface area contributed by atoms with Crippen LogP contribution in [-0.4, -0.2) is 36.7 Å². The molecule has 0 saturated heterocycles. The number of hydrogen-bond donors (Lipinski definition) is 2. The first-order valence-electron chi connectivity index (χ1n) is 4.32. The summed E-state index contributed by atoms with van der Waals surface area (Å²) >= 11 is 3.05. The first kappa shape index (κ1) is 12.7. The summed E-state index contributed by atoms with van der Waals surface area (Å²) < 4.78 is 9.96. The number of methoxy groups -OCH3 is 1. The molecule has 0 aliphatic carbocycles. The molecule has 2 N–H and O–H groups in total. The second-order valence-corrected chi connectivity index (χ2v) is 3.69. The molecular weight excluding hydrogens is 282 g/mol. The zero-order valence-corrected chi connectivity index (χ0v) is 9.98. The molecule has 0 aromatic carbocycles. The summed E-state index contributed by atoms with van der Waals surface area (Å²) in [4.78, 5) is 22.0. The maximum Gasteiger partial charge on any atom is 0.334 e. The molecule has 0 radical (unpaired) electrons. The Kier molecular flexibility index (Phi) is 4.51. The molecule has 1 aromatic rings. The smallest absolute Gasteiger partial charge is 0.334 e. The van der Waals surface area contributed by atoms with Crippen LogP contribution in [0.25, 0.3) is 0 Å². The van der Waals surface area contributed by atoms with Crippen molar-refractivity contribution in [2.45, 2.75) is 6.10 Å². The van der Waals surface area contributed by atoms with E-state index >= 15 is 0 Å². The number of ether oxygens (including phenoxy) is 1. The third-order valence-corrected chi connectivity index (χ3v) is 2.25. The molecule has 16 heavy (non-hydrogen) atoms. The Bertz CT molecular complexity index is 389. The van der Waals surface area contributed by atoms with Gasteiger partial charge in [0.25, 0.3) is 5.91 Å². The fourth-order valence-corrected chi connectivity index (χ4v) is 1.33. The van der Waals surface area contributed by atoms with Crippen LogP contribution in [0.5, 0.6) is 0 Å². The molecule has 0 fully saturated rings. The standard InChI is InChI=1S/C9H10BrNO5/c1-15-6(9(13)14)3-11-8(12)5-2-7(10)16-4-5/h2,4,6H,3H2,1H3,(H,11,12)(H,13,14). The lowest BCUT2D eigenvalue weighted by Gasteiger charge is -2.10. The predicted octanol–water partition coefficient (Wildman–Crippen LogP) is 0.872. The predicted molar refractivity (Wildman–Crippen MR) is 57.2 cm³/mol. The van der Waals surface area contributed by atoms with Crippen molar-refractivity contribution in [3.8, 4) is 0 Å². The summed E-state index contributed by atoms with van der Waals surface area (Å²) in [6.07, 6.45) is 0.210. The van der Waals surface area contributed by atoms with Crippen molar-refractivity contribution in [2.24, 2.45) is 0 Å². The number of hydrogen-bond acceptors (Lipinski definition) is 4. The van der Waals surface area contributed by atoms with Crippen molar-refractivity contribution >= 4 is 27.8 Å². The summed E-state index contributed by atoms with van der Waals surface area (Å²) in [5.41, 5.74) is 0.312. The third-order valence-electron chi connectivity index (χ3n) is 1.84. The number of furan rings is 1. The topological polar surface area (TPSA) is 88.8 Å². The van der Waals surface area contributed by atoms with E-state index in [2.05, 4.69) is 26.0 Å². The van der Waals surface area contributed by atoms with Crippen molar-refractivity contribution in [2.75, 3.05) is 13.7 Å². The number of carbonyl (C=O) groups excluding carboxylic acids is 1. The number of halogens is 1. The van der Waals surface area contributed by atoms with Crippen LogP contribution in [0.1, 0.15) is 10.4 Å². The number of carboxylic acid groups (broad SMARTS) is 1. The van der Waals surface area contributed by atoms with Gasteiger partial charge in [0.15, 0.2) is 10.8 Å². The van der Waals surface area contributed by atoms with Crippen molar-refractivity contribution in [3.05, 3.63) is 22.6 Å². The highest BCUT2D eigenvalue weighted by Crippen LogP contribution is 2.13. The number of carbonyl (C=O) groups is 2. The average Bonchev–Trinajstić information content (AvgIpc) is 2.65. The molecule has 1 heterocycles. The second kappa shape index (κ2) is 5.66. The Hall–Kier alpha value is -1.34. The van der Waals surface area contributed by atoms with Gasteiger partial charge in [0.05, 0.1) is 12.1 Å². The van der Waals surface area contributed by atoms with Gasteiger partial charge in [0.1, 0.15) is 6.26 Å². The average molecular weight is 292 g/mol. The lowest BCUT2D eigenvalue weighted by Crippen LogP contribution is -2.37. The summed E-state index contributed by atoms with van der Waals surface area (Å²) in [5, 5.41) is 11.1. The summed E-state index contributed by atoms with van der Waals surface area (Å²) in [6, 6.07) is 1.48. The van der Waals surface area contributed by atoms with E-state index < -0.39 is 18.0 Å². The SMILES string of the molecule is COC(CNC(=O)c1coc(Br)c1)C(=O)O. The lowest BCUT2D eigenvalue weighted by atomic mass is 10.3. The molecule has 0 bridgehead atoms. The van der Waals surface area contributed by atoms with Crippen LogP contribution in [0.3, 0.4) is 0 Å². The Balaban J connectivity index is 2.49. The normalized spacial score (nSPS) is 12.1. The van der Waals surface area contributed by atoms with Crippen molar-refractivity contribution in [3.63, 3.8) is 0 Å². The Morgan fingerprint density at radius 1 is 1.69 bits per heavy atom. The van der Waals surface area contributed by atoms with Gasteiger partial charge >= 0.3 is 5.97 Å². The minimum absolute atomic E-state index is 0.104. The molecule has 88 valence electrons. The molecule has 7 heteroatoms. The second-order valence-electron chi connectivity index (χ2n) is 2.91. The summed E-state index contributed by atoms with van der Waals surface area (Å²) in [5.74, 6) is -1.55. The van der Waals surface area contributed by atoms with Gasteiger partial charge in [-0.2, -0.15) is 0 Å². The number of aliphatic carboxylic acids is 1. The van der Waals surface area contributed by atoms with E-state index in [1.165, 1.54) is 19.4 Å². The van der Waals surface area contributed by atoms with E-state index in [0.29, 0.717) is 10.2 Å². The monoisotopic (exact) mass is 291 g/mol. The molecule has 1 aromatic heterocycles. The van der Waals surface area contributed by atoms with Gasteiger partial charge in [-0.05, 0) is 15.9 Å². The van der Waals surface area contributed by atoms with Crippen molar-refractivity contribution in [1.29, 1.82) is 0 Å². The van der Waals surface area contributed by atoms with Crippen LogP contribution in [0, 0.1) is 0 Å². The van der Waals surface area contributed by atoms with Crippen LogP contribution in [-0.2, 0) is 9.53 Å². The molecular formula is C9H10BrNO5. The third kappa shape index (κ3) is 3.35. The van der Waals surface area contributed by atoms with Crippen molar-refractivity contribution in [1.82, 2.24) is 5.32 Å². The molecule has 0 aliphatic rings. The highest BCUT2D eigenvalue weighted by atomic mass is 79.9. The summed E-state index contributed by atoms with van der Waals surface area (Å²) in [7, 11) is 1.26. The number of carboxylic acids is 1. The zero-order chi connectivity index (χ0) is 12.1. The van der Waals surface area contributed by atoms with Gasteiger partial charge in [0, 0.05) is 13.2 Å². The van der Waals surface area contributed by atoms with Gasteiger partial charge in [-0.3, -0.25) is 4.79 Å². The number of nitrogens with one attached hydrogen (secondary N) is 1. The quantitative estimate of drug-likeness (QED) is 0.840. The number of rotatable bonds is 5. The van der Waals surface area contributed by atoms with Gasteiger partial charge in [-0.25, -0.2) is 4.79 Å². The van der Waals surface area contributed by atoms with Crippen LogP contribution < -0.4 is 5.32 Å². The Morgan fingerprint density at radius 2 is 2.38 bits per heavy atom.